The maximum absolute atomic E-state index is 14.2. The Bertz CT molecular complexity index is 1300. The van der Waals surface area contributed by atoms with Crippen molar-refractivity contribution in [3.05, 3.63) is 79.0 Å². The Morgan fingerprint density at radius 1 is 1.16 bits per heavy atom. The predicted octanol–water partition coefficient (Wildman–Crippen LogP) is 3.03. The average Bonchev–Trinajstić information content (AvgIpc) is 2.70. The maximum Gasteiger partial charge on any atom is 0.341 e. The lowest BCUT2D eigenvalue weighted by atomic mass is 10.0. The second-order valence-corrected chi connectivity index (χ2v) is 7.82. The summed E-state index contributed by atoms with van der Waals surface area (Å²) in [7, 11) is 0. The van der Waals surface area contributed by atoms with Crippen LogP contribution in [0.3, 0.4) is 0 Å². The lowest BCUT2D eigenvalue weighted by Crippen LogP contribution is -2.28. The van der Waals surface area contributed by atoms with E-state index in [-0.39, 0.29) is 29.0 Å². The van der Waals surface area contributed by atoms with Crippen LogP contribution in [0.2, 0.25) is 5.02 Å². The van der Waals surface area contributed by atoms with E-state index >= 15 is 0 Å². The summed E-state index contributed by atoms with van der Waals surface area (Å²) in [6.45, 7) is 2.76. The van der Waals surface area contributed by atoms with Gasteiger partial charge in [0.15, 0.2) is 0 Å². The molecule has 164 valence electrons. The number of hydrogen-bond donors (Lipinski definition) is 2. The molecule has 31 heavy (non-hydrogen) atoms. The molecule has 0 saturated heterocycles. The highest BCUT2D eigenvalue weighted by molar-refractivity contribution is 6.31. The number of halogens is 3. The van der Waals surface area contributed by atoms with Gasteiger partial charge in [-0.2, -0.15) is 0 Å². The number of nitrogens with zero attached hydrogens (tertiary/aromatic N) is 2. The Labute approximate surface area is 179 Å². The topological polar surface area (TPSA) is 102 Å². The summed E-state index contributed by atoms with van der Waals surface area (Å²) < 4.78 is 30.3. The molecule has 3 rings (SSSR count). The van der Waals surface area contributed by atoms with Crippen LogP contribution in [-0.2, 0) is 6.54 Å². The fraction of sp³-hybridized carbons (Fsp3) is 0.286. The Balaban J connectivity index is 2.32. The number of aromatic nitrogens is 2. The first kappa shape index (κ1) is 22.6. The smallest absolute Gasteiger partial charge is 0.341 e. The molecule has 0 amide bonds. The van der Waals surface area contributed by atoms with Gasteiger partial charge in [-0.1, -0.05) is 25.4 Å². The van der Waals surface area contributed by atoms with Gasteiger partial charge < -0.3 is 19.3 Å². The van der Waals surface area contributed by atoms with Crippen molar-refractivity contribution in [3.8, 4) is 0 Å². The van der Waals surface area contributed by atoms with Crippen LogP contribution >= 0.6 is 11.6 Å². The van der Waals surface area contributed by atoms with E-state index in [1.807, 2.05) is 0 Å². The van der Waals surface area contributed by atoms with Crippen LogP contribution in [0.15, 0.2) is 40.2 Å². The van der Waals surface area contributed by atoms with Gasteiger partial charge in [0.05, 0.1) is 35.1 Å². The molecule has 0 spiro atoms. The number of carbonyl (C=O) groups is 1. The second kappa shape index (κ2) is 8.60. The Morgan fingerprint density at radius 2 is 1.81 bits per heavy atom. The number of fused-ring (bicyclic) bond motifs is 1. The van der Waals surface area contributed by atoms with Gasteiger partial charge >= 0.3 is 5.97 Å². The quantitative estimate of drug-likeness (QED) is 0.560. The standard InChI is InChI=1S/C21H19ClF2N2O5/c1-10(2)17(9-27)26-8-13(21(30)31)20(29)12-7-25(18(28)5-16(12)26)6-11-14(23)3-4-15(24)19(11)22/h3-5,7-8,10,17,27H,6,9H2,1-2H3,(H,30,31)/t17-/m1/s1. The van der Waals surface area contributed by atoms with E-state index in [4.69, 9.17) is 11.6 Å². The van der Waals surface area contributed by atoms with E-state index in [9.17, 15) is 33.4 Å². The number of aliphatic hydroxyl groups is 1. The highest BCUT2D eigenvalue weighted by Crippen LogP contribution is 2.25. The van der Waals surface area contributed by atoms with E-state index < -0.39 is 51.8 Å². The summed E-state index contributed by atoms with van der Waals surface area (Å²) in [6.07, 6.45) is 2.19. The third-order valence-corrected chi connectivity index (χ3v) is 5.56. The molecule has 0 saturated carbocycles. The summed E-state index contributed by atoms with van der Waals surface area (Å²) in [5.41, 5.74) is -2.21. The van der Waals surface area contributed by atoms with E-state index in [1.54, 1.807) is 13.8 Å². The minimum Gasteiger partial charge on any atom is -0.477 e. The molecule has 1 aromatic carbocycles. The molecule has 2 aromatic heterocycles. The zero-order chi connectivity index (χ0) is 23.0. The number of aromatic carboxylic acids is 1. The van der Waals surface area contributed by atoms with Gasteiger partial charge in [0, 0.05) is 24.0 Å². The van der Waals surface area contributed by atoms with Crippen molar-refractivity contribution in [1.82, 2.24) is 9.13 Å². The molecule has 2 heterocycles. The van der Waals surface area contributed by atoms with E-state index in [0.29, 0.717) is 0 Å². The van der Waals surface area contributed by atoms with Crippen LogP contribution in [0.5, 0.6) is 0 Å². The molecule has 0 radical (unpaired) electrons. The van der Waals surface area contributed by atoms with Gasteiger partial charge in [-0.15, -0.1) is 0 Å². The number of benzene rings is 1. The predicted molar refractivity (Wildman–Crippen MR) is 111 cm³/mol. The molecule has 0 bridgehead atoms. The highest BCUT2D eigenvalue weighted by atomic mass is 35.5. The lowest BCUT2D eigenvalue weighted by molar-refractivity contribution is 0.0694. The monoisotopic (exact) mass is 452 g/mol. The Morgan fingerprint density at radius 3 is 2.39 bits per heavy atom. The molecule has 0 fully saturated rings. The van der Waals surface area contributed by atoms with Crippen LogP contribution in [-0.4, -0.2) is 31.9 Å². The van der Waals surface area contributed by atoms with Gasteiger partial charge in [0.1, 0.15) is 17.2 Å². The number of pyridine rings is 2. The normalized spacial score (nSPS) is 12.5. The number of aliphatic hydroxyl groups excluding tert-OH is 1. The van der Waals surface area contributed by atoms with Crippen LogP contribution in [0, 0.1) is 17.6 Å². The van der Waals surface area contributed by atoms with Crippen molar-refractivity contribution in [2.45, 2.75) is 26.4 Å². The first-order valence-corrected chi connectivity index (χ1v) is 9.70. The maximum atomic E-state index is 14.2. The molecule has 0 unspecified atom stereocenters. The number of rotatable bonds is 6. The van der Waals surface area contributed by atoms with Crippen molar-refractivity contribution < 1.29 is 23.8 Å². The molecule has 0 aliphatic rings. The zero-order valence-corrected chi connectivity index (χ0v) is 17.4. The van der Waals surface area contributed by atoms with Gasteiger partial charge in [-0.05, 0) is 18.1 Å². The van der Waals surface area contributed by atoms with Crippen LogP contribution in [0.25, 0.3) is 10.9 Å². The first-order valence-electron chi connectivity index (χ1n) is 9.32. The van der Waals surface area contributed by atoms with Crippen molar-refractivity contribution in [2.24, 2.45) is 5.92 Å². The van der Waals surface area contributed by atoms with Crippen LogP contribution < -0.4 is 11.0 Å². The summed E-state index contributed by atoms with van der Waals surface area (Å²) in [5, 5.41) is 18.6. The minimum atomic E-state index is -1.47. The minimum absolute atomic E-state index is 0.119. The lowest BCUT2D eigenvalue weighted by Gasteiger charge is -2.25. The molecule has 2 N–H and O–H groups in total. The SMILES string of the molecule is CC(C)[C@@H](CO)n1cc(C(=O)O)c(=O)c2cn(Cc3c(F)ccc(F)c3Cl)c(=O)cc21. The second-order valence-electron chi connectivity index (χ2n) is 7.44. The van der Waals surface area contributed by atoms with E-state index in [0.717, 1.165) is 35.2 Å². The average molecular weight is 453 g/mol. The third kappa shape index (κ3) is 4.11. The van der Waals surface area contributed by atoms with Gasteiger partial charge in [-0.25, -0.2) is 13.6 Å². The Kier molecular flexibility index (Phi) is 6.28. The zero-order valence-electron chi connectivity index (χ0n) is 16.6. The van der Waals surface area contributed by atoms with Crippen molar-refractivity contribution >= 4 is 28.5 Å². The highest BCUT2D eigenvalue weighted by Gasteiger charge is 2.22. The molecule has 10 heteroatoms. The largest absolute Gasteiger partial charge is 0.477 e. The number of carboxylic acids is 1. The van der Waals surface area contributed by atoms with Crippen molar-refractivity contribution in [2.75, 3.05) is 6.61 Å². The summed E-state index contributed by atoms with van der Waals surface area (Å²) in [4.78, 5) is 37.1. The molecule has 3 aromatic rings. The molecular weight excluding hydrogens is 434 g/mol. The van der Waals surface area contributed by atoms with E-state index in [2.05, 4.69) is 0 Å². The Hall–Kier alpha value is -3.04. The van der Waals surface area contributed by atoms with Crippen LogP contribution in [0.1, 0.15) is 35.8 Å². The molecular formula is C21H19ClF2N2O5. The number of hydrogen-bond acceptors (Lipinski definition) is 4. The number of carboxylic acid groups (broad SMARTS) is 1. The third-order valence-electron chi connectivity index (χ3n) is 5.15. The fourth-order valence-electron chi connectivity index (χ4n) is 3.42. The fourth-order valence-corrected chi connectivity index (χ4v) is 3.63. The first-order chi connectivity index (χ1) is 14.6. The van der Waals surface area contributed by atoms with Crippen molar-refractivity contribution in [3.63, 3.8) is 0 Å². The molecule has 1 atom stereocenters. The van der Waals surface area contributed by atoms with Crippen molar-refractivity contribution in [1.29, 1.82) is 0 Å². The summed E-state index contributed by atoms with van der Waals surface area (Å²) in [6, 6.07) is 2.21. The van der Waals surface area contributed by atoms with Gasteiger partial charge in [0.2, 0.25) is 5.43 Å². The van der Waals surface area contributed by atoms with Crippen LogP contribution in [0.4, 0.5) is 8.78 Å². The summed E-state index contributed by atoms with van der Waals surface area (Å²) in [5.74, 6) is -3.33. The summed E-state index contributed by atoms with van der Waals surface area (Å²) >= 11 is 5.84. The molecule has 7 nitrogen and oxygen atoms in total. The van der Waals surface area contributed by atoms with Gasteiger partial charge in [-0.3, -0.25) is 9.59 Å². The van der Waals surface area contributed by atoms with E-state index in [1.165, 1.54) is 4.57 Å². The molecule has 0 aliphatic heterocycles. The van der Waals surface area contributed by atoms with Gasteiger partial charge in [0.25, 0.3) is 5.56 Å². The molecule has 0 aliphatic carbocycles.